The first-order chi connectivity index (χ1) is 7.41. The summed E-state index contributed by atoms with van der Waals surface area (Å²) in [5.41, 5.74) is 0.578. The van der Waals surface area contributed by atoms with Gasteiger partial charge in [0.05, 0.1) is 0 Å². The summed E-state index contributed by atoms with van der Waals surface area (Å²) >= 11 is 0. The van der Waals surface area contributed by atoms with Gasteiger partial charge in [0.1, 0.15) is 0 Å². The number of carboxylic acid groups (broad SMARTS) is 1. The van der Waals surface area contributed by atoms with Gasteiger partial charge in [0.25, 0.3) is 0 Å². The number of carboxylic acids is 1. The normalized spacial score (nSPS) is 14.8. The number of methoxy groups -OCH3 is 1. The molecule has 3 nitrogen and oxygen atoms in total. The van der Waals surface area contributed by atoms with Gasteiger partial charge >= 0.3 is 5.97 Å². The van der Waals surface area contributed by atoms with Crippen molar-refractivity contribution in [1.29, 1.82) is 0 Å². The number of carbonyl (C=O) groups is 1. The topological polar surface area (TPSA) is 46.5 Å². The summed E-state index contributed by atoms with van der Waals surface area (Å²) in [6.07, 6.45) is 0. The molecule has 0 aliphatic heterocycles. The molecule has 0 saturated heterocycles. The highest BCUT2D eigenvalue weighted by Gasteiger charge is 2.34. The lowest BCUT2D eigenvalue weighted by Crippen LogP contribution is -2.34. The van der Waals surface area contributed by atoms with E-state index in [2.05, 4.69) is 13.8 Å². The third kappa shape index (κ3) is 2.25. The summed E-state index contributed by atoms with van der Waals surface area (Å²) in [4.78, 5) is 11.1. The van der Waals surface area contributed by atoms with Gasteiger partial charge in [-0.2, -0.15) is 0 Å². The average molecular weight is 222 g/mol. The standard InChI is InChI=1S/C13H18O3/c1-9(2)10-5-7-11(8-6-10)13(3,16-4)12(14)15/h5-9H,1-4H3,(H,14,15). The molecule has 1 aromatic rings. The van der Waals surface area contributed by atoms with Crippen molar-refractivity contribution in [2.45, 2.75) is 32.3 Å². The lowest BCUT2D eigenvalue weighted by atomic mass is 9.93. The molecular formula is C13H18O3. The summed E-state index contributed by atoms with van der Waals surface area (Å²) in [7, 11) is 1.41. The minimum absolute atomic E-state index is 0.438. The Kier molecular flexibility index (Phi) is 3.70. The zero-order valence-corrected chi connectivity index (χ0v) is 10.2. The zero-order valence-electron chi connectivity index (χ0n) is 10.2. The lowest BCUT2D eigenvalue weighted by molar-refractivity contribution is -0.161. The second kappa shape index (κ2) is 4.66. The van der Waals surface area contributed by atoms with E-state index in [1.54, 1.807) is 6.92 Å². The summed E-state index contributed by atoms with van der Waals surface area (Å²) in [5.74, 6) is -0.542. The summed E-state index contributed by atoms with van der Waals surface area (Å²) in [6, 6.07) is 7.51. The monoisotopic (exact) mass is 222 g/mol. The predicted molar refractivity (Wildman–Crippen MR) is 62.5 cm³/mol. The molecule has 0 saturated carbocycles. The molecule has 1 aromatic carbocycles. The van der Waals surface area contributed by atoms with Gasteiger partial charge in [-0.15, -0.1) is 0 Å². The van der Waals surface area contributed by atoms with E-state index < -0.39 is 11.6 Å². The van der Waals surface area contributed by atoms with Crippen molar-refractivity contribution in [2.24, 2.45) is 0 Å². The van der Waals surface area contributed by atoms with Crippen molar-refractivity contribution >= 4 is 5.97 Å². The van der Waals surface area contributed by atoms with Gasteiger partial charge in [0, 0.05) is 7.11 Å². The SMILES string of the molecule is COC(C)(C(=O)O)c1ccc(C(C)C)cc1. The molecule has 88 valence electrons. The highest BCUT2D eigenvalue weighted by atomic mass is 16.5. The van der Waals surface area contributed by atoms with E-state index in [-0.39, 0.29) is 0 Å². The van der Waals surface area contributed by atoms with Crippen molar-refractivity contribution in [3.05, 3.63) is 35.4 Å². The molecule has 16 heavy (non-hydrogen) atoms. The van der Waals surface area contributed by atoms with Crippen LogP contribution in [0.15, 0.2) is 24.3 Å². The van der Waals surface area contributed by atoms with Gasteiger partial charge < -0.3 is 9.84 Å². The number of benzene rings is 1. The minimum Gasteiger partial charge on any atom is -0.479 e. The molecule has 1 unspecified atom stereocenters. The lowest BCUT2D eigenvalue weighted by Gasteiger charge is -2.23. The maximum absolute atomic E-state index is 11.1. The van der Waals surface area contributed by atoms with Crippen LogP contribution in [0.3, 0.4) is 0 Å². The van der Waals surface area contributed by atoms with E-state index in [9.17, 15) is 4.79 Å². The first-order valence-electron chi connectivity index (χ1n) is 5.30. The fourth-order valence-electron chi connectivity index (χ4n) is 1.51. The van der Waals surface area contributed by atoms with E-state index in [1.807, 2.05) is 24.3 Å². The van der Waals surface area contributed by atoms with Crippen molar-refractivity contribution < 1.29 is 14.6 Å². The van der Waals surface area contributed by atoms with Crippen LogP contribution in [-0.4, -0.2) is 18.2 Å². The van der Waals surface area contributed by atoms with Crippen LogP contribution in [-0.2, 0) is 15.1 Å². The van der Waals surface area contributed by atoms with Crippen LogP contribution in [0.4, 0.5) is 0 Å². The molecule has 0 aromatic heterocycles. The smallest absolute Gasteiger partial charge is 0.340 e. The van der Waals surface area contributed by atoms with Crippen LogP contribution < -0.4 is 0 Å². The minimum atomic E-state index is -1.27. The molecule has 1 atom stereocenters. The predicted octanol–water partition coefficient (Wildman–Crippen LogP) is 2.76. The van der Waals surface area contributed by atoms with E-state index in [4.69, 9.17) is 9.84 Å². The Bertz CT molecular complexity index is 367. The molecule has 0 fully saturated rings. The third-order valence-corrected chi connectivity index (χ3v) is 2.94. The van der Waals surface area contributed by atoms with E-state index in [0.29, 0.717) is 11.5 Å². The second-order valence-electron chi connectivity index (χ2n) is 4.32. The van der Waals surface area contributed by atoms with Gasteiger partial charge in [-0.05, 0) is 24.0 Å². The first-order valence-corrected chi connectivity index (χ1v) is 5.30. The van der Waals surface area contributed by atoms with E-state index in [0.717, 1.165) is 0 Å². The first kappa shape index (κ1) is 12.7. The molecule has 0 aliphatic carbocycles. The molecule has 0 radical (unpaired) electrons. The summed E-state index contributed by atoms with van der Waals surface area (Å²) in [6.45, 7) is 5.75. The second-order valence-corrected chi connectivity index (χ2v) is 4.32. The molecule has 3 heteroatoms. The Hall–Kier alpha value is -1.35. The molecule has 1 rings (SSSR count). The van der Waals surface area contributed by atoms with Crippen LogP contribution in [0, 0.1) is 0 Å². The highest BCUT2D eigenvalue weighted by Crippen LogP contribution is 2.26. The highest BCUT2D eigenvalue weighted by molar-refractivity contribution is 5.78. The largest absolute Gasteiger partial charge is 0.479 e. The van der Waals surface area contributed by atoms with E-state index in [1.165, 1.54) is 12.7 Å². The molecule has 1 N–H and O–H groups in total. The Morgan fingerprint density at radius 2 is 1.81 bits per heavy atom. The van der Waals surface area contributed by atoms with E-state index >= 15 is 0 Å². The Balaban J connectivity index is 3.09. The molecular weight excluding hydrogens is 204 g/mol. The number of aliphatic carboxylic acids is 1. The van der Waals surface area contributed by atoms with Gasteiger partial charge in [0.15, 0.2) is 5.60 Å². The van der Waals surface area contributed by atoms with Crippen LogP contribution in [0.2, 0.25) is 0 Å². The number of ether oxygens (including phenoxy) is 1. The number of hydrogen-bond acceptors (Lipinski definition) is 2. The molecule has 0 bridgehead atoms. The Morgan fingerprint density at radius 1 is 1.31 bits per heavy atom. The molecule has 0 spiro atoms. The quantitative estimate of drug-likeness (QED) is 0.852. The summed E-state index contributed by atoms with van der Waals surface area (Å²) < 4.78 is 5.09. The van der Waals surface area contributed by atoms with Crippen molar-refractivity contribution in [3.8, 4) is 0 Å². The molecule has 0 aliphatic rings. The van der Waals surface area contributed by atoms with Crippen LogP contribution in [0.25, 0.3) is 0 Å². The van der Waals surface area contributed by atoms with Gasteiger partial charge in [0.2, 0.25) is 0 Å². The van der Waals surface area contributed by atoms with Gasteiger partial charge in [-0.25, -0.2) is 4.79 Å². The van der Waals surface area contributed by atoms with Gasteiger partial charge in [-0.1, -0.05) is 38.1 Å². The fourth-order valence-corrected chi connectivity index (χ4v) is 1.51. The Labute approximate surface area is 96.1 Å². The van der Waals surface area contributed by atoms with Gasteiger partial charge in [-0.3, -0.25) is 0 Å². The van der Waals surface area contributed by atoms with Crippen molar-refractivity contribution in [2.75, 3.05) is 7.11 Å². The van der Waals surface area contributed by atoms with Crippen LogP contribution >= 0.6 is 0 Å². The number of hydrogen-bond donors (Lipinski definition) is 1. The molecule has 0 amide bonds. The zero-order chi connectivity index (χ0) is 12.3. The van der Waals surface area contributed by atoms with Crippen molar-refractivity contribution in [3.63, 3.8) is 0 Å². The molecule has 0 heterocycles. The average Bonchev–Trinajstić information content (AvgIpc) is 2.27. The maximum Gasteiger partial charge on any atom is 0.340 e. The van der Waals surface area contributed by atoms with Crippen LogP contribution in [0.5, 0.6) is 0 Å². The number of rotatable bonds is 4. The van der Waals surface area contributed by atoms with Crippen molar-refractivity contribution in [1.82, 2.24) is 0 Å². The fraction of sp³-hybridized carbons (Fsp3) is 0.462. The Morgan fingerprint density at radius 3 is 2.12 bits per heavy atom. The van der Waals surface area contributed by atoms with Crippen LogP contribution in [0.1, 0.15) is 37.8 Å². The third-order valence-electron chi connectivity index (χ3n) is 2.94. The maximum atomic E-state index is 11.1. The summed E-state index contributed by atoms with van der Waals surface area (Å²) in [5, 5.41) is 9.14.